The Morgan fingerprint density at radius 1 is 1.42 bits per heavy atom. The van der Waals surface area contributed by atoms with Crippen LogP contribution in [0.15, 0.2) is 24.4 Å². The zero-order valence-electron chi connectivity index (χ0n) is 11.4. The summed E-state index contributed by atoms with van der Waals surface area (Å²) in [6, 6.07) is 8.24. The summed E-state index contributed by atoms with van der Waals surface area (Å²) in [6.45, 7) is 4.30. The number of methoxy groups -OCH3 is 1. The van der Waals surface area contributed by atoms with Gasteiger partial charge in [0.15, 0.2) is 0 Å². The monoisotopic (exact) mass is 255 g/mol. The van der Waals surface area contributed by atoms with Crippen LogP contribution in [0.25, 0.3) is 11.3 Å². The fourth-order valence-corrected chi connectivity index (χ4v) is 1.95. The summed E-state index contributed by atoms with van der Waals surface area (Å²) in [5, 5.41) is 8.66. The minimum atomic E-state index is 0.284. The number of hydrogen-bond donors (Lipinski definition) is 1. The zero-order valence-corrected chi connectivity index (χ0v) is 11.4. The second-order valence-electron chi connectivity index (χ2n) is 4.69. The minimum absolute atomic E-state index is 0.284. The molecular formula is C15H17N3O. The van der Waals surface area contributed by atoms with Crippen molar-refractivity contribution in [3.63, 3.8) is 0 Å². The molecule has 1 aromatic heterocycles. The lowest BCUT2D eigenvalue weighted by Crippen LogP contribution is -1.93. The molecule has 4 nitrogen and oxygen atoms in total. The summed E-state index contributed by atoms with van der Waals surface area (Å²) in [7, 11) is 1.66. The molecule has 1 aromatic carbocycles. The molecule has 0 unspecified atom stereocenters. The first-order valence-corrected chi connectivity index (χ1v) is 6.24. The first-order chi connectivity index (χ1) is 9.15. The molecule has 0 aliphatic carbocycles. The molecule has 98 valence electrons. The number of nitrogens with zero attached hydrogens (tertiary/aromatic N) is 2. The molecule has 0 saturated heterocycles. The van der Waals surface area contributed by atoms with E-state index in [1.165, 1.54) is 5.56 Å². The summed E-state index contributed by atoms with van der Waals surface area (Å²) >= 11 is 0. The second-order valence-corrected chi connectivity index (χ2v) is 4.69. The number of ether oxygens (including phenoxy) is 1. The van der Waals surface area contributed by atoms with Gasteiger partial charge in [-0.25, -0.2) is 4.98 Å². The lowest BCUT2D eigenvalue weighted by molar-refractivity contribution is 0.415. The molecule has 0 fully saturated rings. The predicted molar refractivity (Wildman–Crippen MR) is 74.0 cm³/mol. The van der Waals surface area contributed by atoms with Crippen LogP contribution in [0.3, 0.4) is 0 Å². The molecule has 1 N–H and O–H groups in total. The molecule has 0 atom stereocenters. The van der Waals surface area contributed by atoms with Crippen LogP contribution in [0.1, 0.15) is 31.2 Å². The number of benzene rings is 1. The summed E-state index contributed by atoms with van der Waals surface area (Å²) < 4.78 is 5.45. The molecular weight excluding hydrogens is 238 g/mol. The van der Waals surface area contributed by atoms with Gasteiger partial charge in [0, 0.05) is 5.56 Å². The summed E-state index contributed by atoms with van der Waals surface area (Å²) in [6.07, 6.45) is 2.02. The van der Waals surface area contributed by atoms with Gasteiger partial charge in [-0.3, -0.25) is 0 Å². The normalized spacial score (nSPS) is 10.5. The number of aromatic amines is 1. The Kier molecular flexibility index (Phi) is 3.86. The standard InChI is InChI=1S/C15H17N3O/c1-10(2)11-4-5-12(14(8-11)19-3)13-9-17-15(18-13)6-7-16/h4-5,8-10H,6H2,1-3H3,(H,17,18). The van der Waals surface area contributed by atoms with Gasteiger partial charge in [-0.15, -0.1) is 0 Å². The van der Waals surface area contributed by atoms with E-state index in [1.807, 2.05) is 12.1 Å². The Bertz CT molecular complexity index is 608. The molecule has 4 heteroatoms. The molecule has 1 heterocycles. The lowest BCUT2D eigenvalue weighted by Gasteiger charge is -2.11. The molecule has 0 radical (unpaired) electrons. The number of nitriles is 1. The lowest BCUT2D eigenvalue weighted by atomic mass is 10.00. The van der Waals surface area contributed by atoms with Gasteiger partial charge in [0.25, 0.3) is 0 Å². The number of imidazole rings is 1. The highest BCUT2D eigenvalue weighted by molar-refractivity contribution is 5.67. The van der Waals surface area contributed by atoms with E-state index < -0.39 is 0 Å². The van der Waals surface area contributed by atoms with E-state index in [0.29, 0.717) is 11.7 Å². The highest BCUT2D eigenvalue weighted by Crippen LogP contribution is 2.31. The highest BCUT2D eigenvalue weighted by Gasteiger charge is 2.11. The number of rotatable bonds is 4. The maximum Gasteiger partial charge on any atom is 0.128 e. The van der Waals surface area contributed by atoms with Crippen molar-refractivity contribution in [2.24, 2.45) is 0 Å². The Morgan fingerprint density at radius 2 is 2.21 bits per heavy atom. The second kappa shape index (κ2) is 5.57. The molecule has 2 aromatic rings. The van der Waals surface area contributed by atoms with Crippen molar-refractivity contribution in [2.45, 2.75) is 26.2 Å². The van der Waals surface area contributed by atoms with Crippen molar-refractivity contribution in [3.8, 4) is 23.1 Å². The molecule has 0 spiro atoms. The van der Waals surface area contributed by atoms with Crippen molar-refractivity contribution in [1.82, 2.24) is 9.97 Å². The molecule has 0 aliphatic rings. The first-order valence-electron chi connectivity index (χ1n) is 6.24. The third-order valence-corrected chi connectivity index (χ3v) is 3.06. The van der Waals surface area contributed by atoms with Crippen molar-refractivity contribution in [3.05, 3.63) is 35.8 Å². The van der Waals surface area contributed by atoms with E-state index in [0.717, 1.165) is 17.0 Å². The zero-order chi connectivity index (χ0) is 13.8. The Morgan fingerprint density at radius 3 is 2.84 bits per heavy atom. The number of nitrogens with one attached hydrogen (secondary N) is 1. The van der Waals surface area contributed by atoms with Crippen LogP contribution >= 0.6 is 0 Å². The summed E-state index contributed by atoms with van der Waals surface area (Å²) in [5.74, 6) is 1.95. The van der Waals surface area contributed by atoms with Crippen molar-refractivity contribution < 1.29 is 4.74 Å². The number of aromatic nitrogens is 2. The van der Waals surface area contributed by atoms with Gasteiger partial charge in [-0.2, -0.15) is 5.26 Å². The van der Waals surface area contributed by atoms with Crippen LogP contribution in [-0.2, 0) is 6.42 Å². The van der Waals surface area contributed by atoms with E-state index in [4.69, 9.17) is 10.00 Å². The van der Waals surface area contributed by atoms with Gasteiger partial charge in [0.05, 0.1) is 31.5 Å². The maximum atomic E-state index is 8.66. The van der Waals surface area contributed by atoms with Gasteiger partial charge >= 0.3 is 0 Å². The molecule has 2 rings (SSSR count). The third kappa shape index (κ3) is 2.76. The average molecular weight is 255 g/mol. The summed E-state index contributed by atoms with van der Waals surface area (Å²) in [5.41, 5.74) is 3.07. The smallest absolute Gasteiger partial charge is 0.128 e. The van der Waals surface area contributed by atoms with Crippen LogP contribution in [0.5, 0.6) is 5.75 Å². The van der Waals surface area contributed by atoms with Crippen LogP contribution < -0.4 is 4.74 Å². The predicted octanol–water partition coefficient (Wildman–Crippen LogP) is 3.27. The fraction of sp³-hybridized carbons (Fsp3) is 0.333. The molecule has 19 heavy (non-hydrogen) atoms. The Hall–Kier alpha value is -2.28. The number of hydrogen-bond acceptors (Lipinski definition) is 3. The Balaban J connectivity index is 2.40. The molecule has 0 amide bonds. The number of H-pyrrole nitrogens is 1. The fourth-order valence-electron chi connectivity index (χ4n) is 1.95. The quantitative estimate of drug-likeness (QED) is 0.912. The SMILES string of the molecule is COc1cc(C(C)C)ccc1-c1cnc(CC#N)[nH]1. The summed E-state index contributed by atoms with van der Waals surface area (Å²) in [4.78, 5) is 7.32. The van der Waals surface area contributed by atoms with Crippen molar-refractivity contribution in [1.29, 1.82) is 5.26 Å². The van der Waals surface area contributed by atoms with Gasteiger partial charge in [0.1, 0.15) is 11.6 Å². The van der Waals surface area contributed by atoms with Crippen LogP contribution in [0.2, 0.25) is 0 Å². The largest absolute Gasteiger partial charge is 0.496 e. The average Bonchev–Trinajstić information content (AvgIpc) is 2.86. The highest BCUT2D eigenvalue weighted by atomic mass is 16.5. The van der Waals surface area contributed by atoms with E-state index in [1.54, 1.807) is 13.3 Å². The van der Waals surface area contributed by atoms with Crippen LogP contribution in [-0.4, -0.2) is 17.1 Å². The van der Waals surface area contributed by atoms with Gasteiger partial charge in [-0.05, 0) is 23.6 Å². The van der Waals surface area contributed by atoms with E-state index in [-0.39, 0.29) is 6.42 Å². The van der Waals surface area contributed by atoms with Crippen LogP contribution in [0, 0.1) is 11.3 Å². The van der Waals surface area contributed by atoms with Crippen molar-refractivity contribution in [2.75, 3.05) is 7.11 Å². The van der Waals surface area contributed by atoms with E-state index in [2.05, 4.69) is 36.0 Å². The van der Waals surface area contributed by atoms with E-state index in [9.17, 15) is 0 Å². The minimum Gasteiger partial charge on any atom is -0.496 e. The van der Waals surface area contributed by atoms with Gasteiger partial charge in [0.2, 0.25) is 0 Å². The third-order valence-electron chi connectivity index (χ3n) is 3.06. The molecule has 0 aliphatic heterocycles. The molecule has 0 saturated carbocycles. The van der Waals surface area contributed by atoms with E-state index >= 15 is 0 Å². The van der Waals surface area contributed by atoms with Crippen molar-refractivity contribution >= 4 is 0 Å². The van der Waals surface area contributed by atoms with Gasteiger partial charge in [-0.1, -0.05) is 19.9 Å². The van der Waals surface area contributed by atoms with Crippen LogP contribution in [0.4, 0.5) is 0 Å². The first kappa shape index (κ1) is 13.2. The van der Waals surface area contributed by atoms with Gasteiger partial charge < -0.3 is 9.72 Å². The Labute approximate surface area is 113 Å². The topological polar surface area (TPSA) is 61.7 Å². The molecule has 0 bridgehead atoms. The maximum absolute atomic E-state index is 8.66.